The van der Waals surface area contributed by atoms with E-state index in [-0.39, 0.29) is 18.2 Å². The highest BCUT2D eigenvalue weighted by Gasteiger charge is 2.25. The second kappa shape index (κ2) is 6.99. The third kappa shape index (κ3) is 4.70. The first kappa shape index (κ1) is 17.3. The highest BCUT2D eigenvalue weighted by Crippen LogP contribution is 2.23. The summed E-state index contributed by atoms with van der Waals surface area (Å²) in [7, 11) is -3.24. The van der Waals surface area contributed by atoms with Gasteiger partial charge >= 0.3 is 0 Å². The molecule has 8 heteroatoms. The molecule has 0 radical (unpaired) electrons. The number of likely N-dealkylation sites (tertiary alicyclic amines) is 1. The zero-order valence-corrected chi connectivity index (χ0v) is 13.1. The number of aliphatic hydroxyl groups excluding tert-OH is 1. The van der Waals surface area contributed by atoms with Gasteiger partial charge in [-0.2, -0.15) is 0 Å². The van der Waals surface area contributed by atoms with E-state index in [1.54, 1.807) is 0 Å². The van der Waals surface area contributed by atoms with Crippen molar-refractivity contribution in [3.05, 3.63) is 35.4 Å². The highest BCUT2D eigenvalue weighted by molar-refractivity contribution is 7.88. The molecule has 0 saturated carbocycles. The number of nitrogens with one attached hydrogen (secondary N) is 1. The fourth-order valence-corrected chi connectivity index (χ4v) is 3.54. The summed E-state index contributed by atoms with van der Waals surface area (Å²) >= 11 is 0. The average Bonchev–Trinajstić information content (AvgIpc) is 2.39. The summed E-state index contributed by atoms with van der Waals surface area (Å²) < 4.78 is 52.1. The molecule has 0 bridgehead atoms. The summed E-state index contributed by atoms with van der Waals surface area (Å²) in [5, 5.41) is 10.1. The van der Waals surface area contributed by atoms with Gasteiger partial charge in [0.15, 0.2) is 0 Å². The van der Waals surface area contributed by atoms with E-state index in [1.165, 1.54) is 6.07 Å². The van der Waals surface area contributed by atoms with Crippen LogP contribution in [0, 0.1) is 11.6 Å². The van der Waals surface area contributed by atoms with Crippen LogP contribution in [0.4, 0.5) is 8.78 Å². The van der Waals surface area contributed by atoms with Gasteiger partial charge < -0.3 is 10.0 Å². The van der Waals surface area contributed by atoms with Crippen LogP contribution in [0.25, 0.3) is 0 Å². The van der Waals surface area contributed by atoms with E-state index in [0.717, 1.165) is 18.4 Å². The average molecular weight is 334 g/mol. The zero-order chi connectivity index (χ0) is 16.3. The summed E-state index contributed by atoms with van der Waals surface area (Å²) in [6, 6.07) is 3.35. The first-order chi connectivity index (χ1) is 10.3. The van der Waals surface area contributed by atoms with E-state index in [2.05, 4.69) is 4.72 Å². The second-order valence-corrected chi connectivity index (χ2v) is 7.40. The van der Waals surface area contributed by atoms with Crippen LogP contribution in [0.1, 0.15) is 24.5 Å². The van der Waals surface area contributed by atoms with Crippen molar-refractivity contribution in [1.29, 1.82) is 0 Å². The lowest BCUT2D eigenvalue weighted by atomic mass is 10.0. The quantitative estimate of drug-likeness (QED) is 0.843. The summed E-state index contributed by atoms with van der Waals surface area (Å²) in [5.41, 5.74) is -0.320. The van der Waals surface area contributed by atoms with Gasteiger partial charge in [-0.1, -0.05) is 6.07 Å². The van der Waals surface area contributed by atoms with E-state index in [0.29, 0.717) is 25.9 Å². The van der Waals surface area contributed by atoms with Gasteiger partial charge in [0, 0.05) is 12.6 Å². The monoisotopic (exact) mass is 334 g/mol. The van der Waals surface area contributed by atoms with E-state index in [1.807, 2.05) is 4.90 Å². The number of β-amino-alcohol motifs (C(OH)–C–C–N with tert-alkyl or cyclic N) is 1. The maximum absolute atomic E-state index is 13.6. The Morgan fingerprint density at radius 2 is 1.86 bits per heavy atom. The van der Waals surface area contributed by atoms with Crippen molar-refractivity contribution >= 4 is 10.0 Å². The molecule has 2 N–H and O–H groups in total. The molecule has 1 aliphatic heterocycles. The molecule has 0 spiro atoms. The highest BCUT2D eigenvalue weighted by atomic mass is 32.2. The van der Waals surface area contributed by atoms with Gasteiger partial charge in [0.05, 0.1) is 17.9 Å². The van der Waals surface area contributed by atoms with Gasteiger partial charge in [0.25, 0.3) is 0 Å². The Balaban J connectivity index is 1.91. The van der Waals surface area contributed by atoms with Gasteiger partial charge in [-0.05, 0) is 38.1 Å². The fourth-order valence-electron chi connectivity index (χ4n) is 2.70. The molecule has 0 aliphatic carbocycles. The van der Waals surface area contributed by atoms with E-state index in [4.69, 9.17) is 0 Å². The van der Waals surface area contributed by atoms with Crippen LogP contribution < -0.4 is 4.72 Å². The molecule has 1 aromatic rings. The van der Waals surface area contributed by atoms with E-state index < -0.39 is 27.8 Å². The number of hydrogen-bond donors (Lipinski definition) is 2. The van der Waals surface area contributed by atoms with Crippen LogP contribution in [0.2, 0.25) is 0 Å². The number of aliphatic hydroxyl groups is 1. The van der Waals surface area contributed by atoms with Gasteiger partial charge in [-0.3, -0.25) is 0 Å². The molecule has 1 unspecified atom stereocenters. The van der Waals surface area contributed by atoms with Crippen molar-refractivity contribution < 1.29 is 22.3 Å². The number of rotatable bonds is 5. The molecule has 1 heterocycles. The smallest absolute Gasteiger partial charge is 0.208 e. The van der Waals surface area contributed by atoms with Crippen molar-refractivity contribution in [2.75, 3.05) is 25.9 Å². The zero-order valence-electron chi connectivity index (χ0n) is 12.3. The lowest BCUT2D eigenvalue weighted by Gasteiger charge is -2.33. The molecule has 1 fully saturated rings. The number of sulfonamides is 1. The Bertz CT molecular complexity index is 596. The minimum Gasteiger partial charge on any atom is -0.387 e. The minimum absolute atomic E-state index is 0.115. The molecule has 2 rings (SSSR count). The molecule has 5 nitrogen and oxygen atoms in total. The van der Waals surface area contributed by atoms with Gasteiger partial charge in [-0.25, -0.2) is 21.9 Å². The van der Waals surface area contributed by atoms with Crippen LogP contribution in [0.5, 0.6) is 0 Å². The predicted molar refractivity (Wildman–Crippen MR) is 78.8 cm³/mol. The van der Waals surface area contributed by atoms with Gasteiger partial charge in [0.2, 0.25) is 10.0 Å². The van der Waals surface area contributed by atoms with Crippen LogP contribution in [0.15, 0.2) is 18.2 Å². The first-order valence-corrected chi connectivity index (χ1v) is 8.97. The standard InChI is InChI=1S/C14H20F2N2O3S/c1-22(20,21)17-10-5-7-18(8-6-10)9-13(19)14-11(15)3-2-4-12(14)16/h2-4,10,13,17,19H,5-9H2,1H3. The summed E-state index contributed by atoms with van der Waals surface area (Å²) in [6.07, 6.45) is 1.06. The van der Waals surface area contributed by atoms with Gasteiger partial charge in [-0.15, -0.1) is 0 Å². The molecule has 1 aromatic carbocycles. The molecular weight excluding hydrogens is 314 g/mol. The molecular formula is C14H20F2N2O3S. The molecule has 124 valence electrons. The molecule has 22 heavy (non-hydrogen) atoms. The Morgan fingerprint density at radius 1 is 1.32 bits per heavy atom. The van der Waals surface area contributed by atoms with E-state index in [9.17, 15) is 22.3 Å². The fraction of sp³-hybridized carbons (Fsp3) is 0.571. The predicted octanol–water partition coefficient (Wildman–Crippen LogP) is 1.01. The van der Waals surface area contributed by atoms with Crippen molar-refractivity contribution in [3.8, 4) is 0 Å². The SMILES string of the molecule is CS(=O)(=O)NC1CCN(CC(O)c2c(F)cccc2F)CC1. The Hall–Kier alpha value is -1.09. The molecule has 1 aliphatic rings. The Kier molecular flexibility index (Phi) is 5.49. The largest absolute Gasteiger partial charge is 0.387 e. The van der Waals surface area contributed by atoms with Crippen molar-refractivity contribution in [1.82, 2.24) is 9.62 Å². The maximum Gasteiger partial charge on any atom is 0.208 e. The third-order valence-electron chi connectivity index (χ3n) is 3.73. The lowest BCUT2D eigenvalue weighted by molar-refractivity contribution is 0.0911. The minimum atomic E-state index is -3.24. The van der Waals surface area contributed by atoms with Crippen LogP contribution in [-0.4, -0.2) is 50.4 Å². The normalized spacial score (nSPS) is 19.3. The number of hydrogen-bond acceptors (Lipinski definition) is 4. The van der Waals surface area contributed by atoms with Gasteiger partial charge in [0.1, 0.15) is 11.6 Å². The summed E-state index contributed by atoms with van der Waals surface area (Å²) in [6.45, 7) is 1.23. The van der Waals surface area contributed by atoms with Crippen molar-refractivity contribution in [2.45, 2.75) is 25.0 Å². The van der Waals surface area contributed by atoms with Crippen molar-refractivity contribution in [2.24, 2.45) is 0 Å². The van der Waals surface area contributed by atoms with Crippen LogP contribution >= 0.6 is 0 Å². The third-order valence-corrected chi connectivity index (χ3v) is 4.49. The summed E-state index contributed by atoms with van der Waals surface area (Å²) in [5.74, 6) is -1.53. The number of piperidine rings is 1. The topological polar surface area (TPSA) is 69.6 Å². The Morgan fingerprint density at radius 3 is 2.36 bits per heavy atom. The lowest BCUT2D eigenvalue weighted by Crippen LogP contribution is -2.45. The molecule has 1 atom stereocenters. The molecule has 0 aromatic heterocycles. The number of benzene rings is 1. The molecule has 0 amide bonds. The number of halogens is 2. The first-order valence-electron chi connectivity index (χ1n) is 7.08. The summed E-state index contributed by atoms with van der Waals surface area (Å²) in [4.78, 5) is 1.87. The van der Waals surface area contributed by atoms with Crippen molar-refractivity contribution in [3.63, 3.8) is 0 Å². The molecule has 1 saturated heterocycles. The van der Waals surface area contributed by atoms with Crippen LogP contribution in [-0.2, 0) is 10.0 Å². The van der Waals surface area contributed by atoms with E-state index >= 15 is 0 Å². The maximum atomic E-state index is 13.6. The number of nitrogens with zero attached hydrogens (tertiary/aromatic N) is 1. The Labute approximate surface area is 129 Å². The second-order valence-electron chi connectivity index (χ2n) is 5.62. The van der Waals surface area contributed by atoms with Crippen LogP contribution in [0.3, 0.4) is 0 Å².